The molecule has 2 aromatic carbocycles. The van der Waals surface area contributed by atoms with Gasteiger partial charge in [-0.2, -0.15) is 0 Å². The molecule has 0 aliphatic heterocycles. The van der Waals surface area contributed by atoms with Crippen molar-refractivity contribution in [1.82, 2.24) is 0 Å². The molecule has 0 spiro atoms. The van der Waals surface area contributed by atoms with Crippen molar-refractivity contribution in [2.45, 2.75) is 0 Å². The first kappa shape index (κ1) is 16.0. The quantitative estimate of drug-likeness (QED) is 0.658. The molecule has 0 aliphatic rings. The fourth-order valence-corrected chi connectivity index (χ4v) is 2.63. The van der Waals surface area contributed by atoms with Crippen molar-refractivity contribution in [2.75, 3.05) is 34.3 Å². The number of phosphoric ester groups is 1. The topological polar surface area (TPSA) is 55.8 Å². The van der Waals surface area contributed by atoms with Gasteiger partial charge in [-0.1, -0.05) is 36.4 Å². The Bertz CT molecular complexity index is 661. The van der Waals surface area contributed by atoms with Crippen LogP contribution in [0.2, 0.25) is 0 Å². The van der Waals surface area contributed by atoms with Crippen molar-refractivity contribution in [1.29, 1.82) is 0 Å². The third-order valence-electron chi connectivity index (χ3n) is 2.98. The monoisotopic (exact) mass is 310 g/mol. The van der Waals surface area contributed by atoms with E-state index in [-0.39, 0.29) is 6.61 Å². The molecule has 114 valence electrons. The number of likely N-dealkylation sites (N-methyl/N-ethyl adjacent to an activating group) is 1. The number of hydrogen-bond acceptors (Lipinski definition) is 3. The van der Waals surface area contributed by atoms with Gasteiger partial charge < -0.3 is 9.01 Å². The molecular weight excluding hydrogens is 289 g/mol. The van der Waals surface area contributed by atoms with E-state index in [0.29, 0.717) is 16.8 Å². The van der Waals surface area contributed by atoms with Gasteiger partial charge in [0.1, 0.15) is 18.9 Å². The summed E-state index contributed by atoms with van der Waals surface area (Å²) in [7, 11) is 1.84. The average molecular weight is 310 g/mol. The van der Waals surface area contributed by atoms with E-state index in [9.17, 15) is 9.46 Å². The van der Waals surface area contributed by atoms with E-state index in [2.05, 4.69) is 0 Å². The van der Waals surface area contributed by atoms with Gasteiger partial charge in [-0.15, -0.1) is 0 Å². The van der Waals surface area contributed by atoms with Crippen LogP contribution in [-0.2, 0) is 9.09 Å². The molecule has 1 unspecified atom stereocenters. The molecule has 5 nitrogen and oxygen atoms in total. The molecule has 0 bridgehead atoms. The van der Waals surface area contributed by atoms with E-state index in [4.69, 9.17) is 9.05 Å². The Morgan fingerprint density at radius 1 is 1.10 bits per heavy atom. The minimum absolute atomic E-state index is 0.155. The lowest BCUT2D eigenvalue weighted by Gasteiger charge is -2.24. The summed E-state index contributed by atoms with van der Waals surface area (Å²) in [6.07, 6.45) is 0. The van der Waals surface area contributed by atoms with Gasteiger partial charge in [-0.3, -0.25) is 9.42 Å². The molecule has 0 amide bonds. The van der Waals surface area contributed by atoms with Gasteiger partial charge in [0.05, 0.1) is 21.1 Å². The van der Waals surface area contributed by atoms with Crippen molar-refractivity contribution in [2.24, 2.45) is 0 Å². The fraction of sp³-hybridized carbons (Fsp3) is 0.333. The zero-order valence-corrected chi connectivity index (χ0v) is 13.4. The Balaban J connectivity index is 2.10. The van der Waals surface area contributed by atoms with Crippen molar-refractivity contribution in [3.8, 4) is 5.75 Å². The lowest BCUT2D eigenvalue weighted by molar-refractivity contribution is -0.870. The second-order valence-electron chi connectivity index (χ2n) is 5.88. The predicted octanol–water partition coefficient (Wildman–Crippen LogP) is 3.04. The number of quaternary nitrogens is 1. The molecule has 0 aromatic heterocycles. The van der Waals surface area contributed by atoms with Gasteiger partial charge in [0.2, 0.25) is 0 Å². The summed E-state index contributed by atoms with van der Waals surface area (Å²) in [5, 5.41) is 1.73. The maximum Gasteiger partial charge on any atom is 0.527 e. The Morgan fingerprint density at radius 2 is 1.76 bits per heavy atom. The van der Waals surface area contributed by atoms with Gasteiger partial charge >= 0.3 is 7.82 Å². The van der Waals surface area contributed by atoms with E-state index in [1.165, 1.54) is 0 Å². The number of nitrogens with zero attached hydrogens (tertiary/aromatic N) is 1. The lowest BCUT2D eigenvalue weighted by Crippen LogP contribution is -2.37. The van der Waals surface area contributed by atoms with E-state index in [1.807, 2.05) is 51.5 Å². The Labute approximate surface area is 124 Å². The van der Waals surface area contributed by atoms with Crippen LogP contribution in [0.4, 0.5) is 0 Å². The van der Waals surface area contributed by atoms with Gasteiger partial charge in [0, 0.05) is 5.39 Å². The molecule has 0 fully saturated rings. The molecule has 21 heavy (non-hydrogen) atoms. The Hall–Kier alpha value is -1.39. The summed E-state index contributed by atoms with van der Waals surface area (Å²) in [6, 6.07) is 12.9. The van der Waals surface area contributed by atoms with Gasteiger partial charge in [0.25, 0.3) is 0 Å². The Kier molecular flexibility index (Phi) is 4.69. The van der Waals surface area contributed by atoms with Crippen LogP contribution in [0, 0.1) is 0 Å². The van der Waals surface area contributed by atoms with Crippen LogP contribution >= 0.6 is 7.82 Å². The largest absolute Gasteiger partial charge is 0.527 e. The molecule has 2 aromatic rings. The van der Waals surface area contributed by atoms with Crippen LogP contribution in [-0.4, -0.2) is 43.7 Å². The van der Waals surface area contributed by atoms with E-state index in [0.717, 1.165) is 10.8 Å². The predicted molar refractivity (Wildman–Crippen MR) is 83.3 cm³/mol. The summed E-state index contributed by atoms with van der Waals surface area (Å²) < 4.78 is 22.9. The van der Waals surface area contributed by atoms with Crippen molar-refractivity contribution >= 4 is 18.6 Å². The summed E-state index contributed by atoms with van der Waals surface area (Å²) in [5.41, 5.74) is 0. The number of fused-ring (bicyclic) bond motifs is 1. The molecule has 2 rings (SSSR count). The fourth-order valence-electron chi connectivity index (χ4n) is 1.86. The molecule has 6 heteroatoms. The molecule has 1 N–H and O–H groups in total. The first-order chi connectivity index (χ1) is 9.77. The standard InChI is InChI=1S/C15H20NO4P/c1-16(2,3)11-12-19-21(17,18)20-15-10-6-8-13-7-4-5-9-14(13)15/h4-10H,11-12H2,1-3H3/p+1. The van der Waals surface area contributed by atoms with Crippen LogP contribution in [0.1, 0.15) is 0 Å². The van der Waals surface area contributed by atoms with Crippen LogP contribution in [0.3, 0.4) is 0 Å². The zero-order valence-electron chi connectivity index (χ0n) is 12.5. The minimum atomic E-state index is -4.11. The highest BCUT2D eigenvalue weighted by Crippen LogP contribution is 2.45. The van der Waals surface area contributed by atoms with Crippen LogP contribution < -0.4 is 4.52 Å². The minimum Gasteiger partial charge on any atom is -0.403 e. The average Bonchev–Trinajstić information content (AvgIpc) is 2.37. The SMILES string of the molecule is C[N+](C)(C)CCOP(=O)(O)Oc1cccc2ccccc12. The Morgan fingerprint density at radius 3 is 2.48 bits per heavy atom. The summed E-state index contributed by atoms with van der Waals surface area (Å²) in [6.45, 7) is 0.769. The second-order valence-corrected chi connectivity index (χ2v) is 7.26. The third-order valence-corrected chi connectivity index (χ3v) is 3.92. The third kappa shape index (κ3) is 4.83. The van der Waals surface area contributed by atoms with E-state index >= 15 is 0 Å². The maximum absolute atomic E-state index is 12.0. The maximum atomic E-state index is 12.0. The summed E-state index contributed by atoms with van der Waals surface area (Å²) in [4.78, 5) is 9.83. The second kappa shape index (κ2) is 6.16. The highest BCUT2D eigenvalue weighted by Gasteiger charge is 2.25. The zero-order chi connectivity index (χ0) is 15.5. The van der Waals surface area contributed by atoms with Crippen molar-refractivity contribution in [3.05, 3.63) is 42.5 Å². The van der Waals surface area contributed by atoms with E-state index in [1.54, 1.807) is 12.1 Å². The molecule has 1 atom stereocenters. The summed E-state index contributed by atoms with van der Waals surface area (Å²) >= 11 is 0. The van der Waals surface area contributed by atoms with Crippen molar-refractivity contribution in [3.63, 3.8) is 0 Å². The number of phosphoric acid groups is 1. The normalized spacial score (nSPS) is 14.9. The molecular formula is C15H21NO4P+. The molecule has 0 saturated heterocycles. The highest BCUT2D eigenvalue weighted by molar-refractivity contribution is 7.47. The molecule has 0 radical (unpaired) electrons. The van der Waals surface area contributed by atoms with Gasteiger partial charge in [0.15, 0.2) is 0 Å². The van der Waals surface area contributed by atoms with E-state index < -0.39 is 7.82 Å². The lowest BCUT2D eigenvalue weighted by atomic mass is 10.1. The smallest absolute Gasteiger partial charge is 0.403 e. The molecule has 0 heterocycles. The van der Waals surface area contributed by atoms with Crippen LogP contribution in [0.5, 0.6) is 5.75 Å². The molecule has 0 aliphatic carbocycles. The number of rotatable bonds is 6. The first-order valence-corrected chi connectivity index (χ1v) is 8.22. The highest BCUT2D eigenvalue weighted by atomic mass is 31.2. The molecule has 0 saturated carbocycles. The number of hydrogen-bond donors (Lipinski definition) is 1. The first-order valence-electron chi connectivity index (χ1n) is 6.72. The van der Waals surface area contributed by atoms with Gasteiger partial charge in [-0.05, 0) is 11.5 Å². The van der Waals surface area contributed by atoms with Crippen LogP contribution in [0.15, 0.2) is 42.5 Å². The van der Waals surface area contributed by atoms with Crippen molar-refractivity contribution < 1.29 is 23.0 Å². The number of benzene rings is 2. The van der Waals surface area contributed by atoms with Crippen LogP contribution in [0.25, 0.3) is 10.8 Å². The summed E-state index contributed by atoms with van der Waals surface area (Å²) in [5.74, 6) is 0.351. The van der Waals surface area contributed by atoms with Gasteiger partial charge in [-0.25, -0.2) is 4.57 Å².